The molecule has 3 heteroatoms. The van der Waals surface area contributed by atoms with Gasteiger partial charge in [0, 0.05) is 13.7 Å². The summed E-state index contributed by atoms with van der Waals surface area (Å²) in [6.45, 7) is 3.13. The Morgan fingerprint density at radius 1 is 1.67 bits per heavy atom. The first-order chi connectivity index (χ1) is 4.02. The molecule has 1 unspecified atom stereocenters. The zero-order valence-electron chi connectivity index (χ0n) is 6.15. The van der Waals surface area contributed by atoms with Gasteiger partial charge in [-0.25, -0.2) is 4.39 Å². The van der Waals surface area contributed by atoms with Crippen molar-refractivity contribution < 1.29 is 9.13 Å². The van der Waals surface area contributed by atoms with Gasteiger partial charge in [-0.15, -0.1) is 0 Å². The summed E-state index contributed by atoms with van der Waals surface area (Å²) >= 11 is 0. The smallest absolute Gasteiger partial charge is 0.132 e. The van der Waals surface area contributed by atoms with E-state index in [2.05, 4.69) is 0 Å². The molecule has 0 bridgehead atoms. The topological polar surface area (TPSA) is 35.2 Å². The van der Waals surface area contributed by atoms with E-state index in [9.17, 15) is 4.39 Å². The number of hydrogen-bond donors (Lipinski definition) is 1. The summed E-state index contributed by atoms with van der Waals surface area (Å²) in [7, 11) is 1.46. The molecule has 0 heterocycles. The fourth-order valence-electron chi connectivity index (χ4n) is 0.657. The van der Waals surface area contributed by atoms with E-state index in [1.165, 1.54) is 21.0 Å². The minimum atomic E-state index is -1.33. The molecule has 0 spiro atoms. The van der Waals surface area contributed by atoms with E-state index in [4.69, 9.17) is 10.5 Å². The first kappa shape index (κ1) is 8.85. The Hall–Kier alpha value is -0.150. The SMILES string of the molecule is COC(CN)C(C)(C)F. The molecule has 0 saturated carbocycles. The highest BCUT2D eigenvalue weighted by Gasteiger charge is 2.27. The van der Waals surface area contributed by atoms with Crippen LogP contribution < -0.4 is 5.73 Å². The zero-order chi connectivity index (χ0) is 7.49. The number of halogens is 1. The Kier molecular flexibility index (Phi) is 3.08. The van der Waals surface area contributed by atoms with Gasteiger partial charge in [0.2, 0.25) is 0 Å². The van der Waals surface area contributed by atoms with Crippen LogP contribution in [0.5, 0.6) is 0 Å². The summed E-state index contributed by atoms with van der Waals surface area (Å²) in [6.07, 6.45) is -0.488. The van der Waals surface area contributed by atoms with Crippen LogP contribution >= 0.6 is 0 Å². The van der Waals surface area contributed by atoms with E-state index >= 15 is 0 Å². The van der Waals surface area contributed by atoms with E-state index in [0.29, 0.717) is 0 Å². The van der Waals surface area contributed by atoms with E-state index in [1.54, 1.807) is 0 Å². The maximum Gasteiger partial charge on any atom is 0.132 e. The second-order valence-corrected chi connectivity index (χ2v) is 2.52. The van der Waals surface area contributed by atoms with Crippen molar-refractivity contribution in [1.82, 2.24) is 0 Å². The number of methoxy groups -OCH3 is 1. The zero-order valence-corrected chi connectivity index (χ0v) is 6.15. The first-order valence-electron chi connectivity index (χ1n) is 2.94. The lowest BCUT2D eigenvalue weighted by atomic mass is 10.0. The Morgan fingerprint density at radius 2 is 2.11 bits per heavy atom. The van der Waals surface area contributed by atoms with E-state index < -0.39 is 11.8 Å². The highest BCUT2D eigenvalue weighted by atomic mass is 19.1. The van der Waals surface area contributed by atoms with Crippen LogP contribution in [0.1, 0.15) is 13.8 Å². The van der Waals surface area contributed by atoms with E-state index in [0.717, 1.165) is 0 Å². The Bertz CT molecular complexity index is 75.6. The quantitative estimate of drug-likeness (QED) is 0.618. The van der Waals surface area contributed by atoms with Crippen LogP contribution in [0.15, 0.2) is 0 Å². The lowest BCUT2D eigenvalue weighted by Gasteiger charge is -2.23. The third kappa shape index (κ3) is 2.77. The summed E-state index contributed by atoms with van der Waals surface area (Å²) in [5.41, 5.74) is 3.87. The number of alkyl halides is 1. The van der Waals surface area contributed by atoms with Gasteiger partial charge in [0.15, 0.2) is 0 Å². The minimum Gasteiger partial charge on any atom is -0.377 e. The van der Waals surface area contributed by atoms with Gasteiger partial charge in [-0.2, -0.15) is 0 Å². The summed E-state index contributed by atoms with van der Waals surface area (Å²) in [4.78, 5) is 0. The fraction of sp³-hybridized carbons (Fsp3) is 1.00. The number of hydrogen-bond acceptors (Lipinski definition) is 2. The molecule has 0 aromatic rings. The van der Waals surface area contributed by atoms with Crippen LogP contribution in [0.3, 0.4) is 0 Å². The molecule has 9 heavy (non-hydrogen) atoms. The average Bonchev–Trinajstić information content (AvgIpc) is 1.65. The van der Waals surface area contributed by atoms with Crippen molar-refractivity contribution in [3.63, 3.8) is 0 Å². The molecule has 0 aliphatic heterocycles. The largest absolute Gasteiger partial charge is 0.377 e. The van der Waals surface area contributed by atoms with Crippen LogP contribution in [-0.2, 0) is 4.74 Å². The van der Waals surface area contributed by atoms with Crippen LogP contribution in [0.4, 0.5) is 4.39 Å². The Labute approximate surface area is 55.2 Å². The highest BCUT2D eigenvalue weighted by molar-refractivity contribution is 4.78. The summed E-state index contributed by atoms with van der Waals surface area (Å²) in [5, 5.41) is 0. The minimum absolute atomic E-state index is 0.222. The third-order valence-corrected chi connectivity index (χ3v) is 1.26. The average molecular weight is 135 g/mol. The maximum atomic E-state index is 12.8. The molecular formula is C6H14FNO. The summed E-state index contributed by atoms with van der Waals surface area (Å²) < 4.78 is 17.6. The molecule has 0 rings (SSSR count). The Morgan fingerprint density at radius 3 is 2.11 bits per heavy atom. The van der Waals surface area contributed by atoms with E-state index in [-0.39, 0.29) is 6.54 Å². The van der Waals surface area contributed by atoms with Gasteiger partial charge in [-0.1, -0.05) is 0 Å². The van der Waals surface area contributed by atoms with Gasteiger partial charge in [0.05, 0.1) is 0 Å². The van der Waals surface area contributed by atoms with Crippen molar-refractivity contribution in [2.45, 2.75) is 25.6 Å². The van der Waals surface area contributed by atoms with Crippen molar-refractivity contribution in [2.75, 3.05) is 13.7 Å². The maximum absolute atomic E-state index is 12.8. The predicted octanol–water partition coefficient (Wildman–Crippen LogP) is 0.708. The van der Waals surface area contributed by atoms with Crippen molar-refractivity contribution in [2.24, 2.45) is 5.73 Å². The molecule has 0 fully saturated rings. The summed E-state index contributed by atoms with van der Waals surface area (Å²) in [5.74, 6) is 0. The monoisotopic (exact) mass is 135 g/mol. The third-order valence-electron chi connectivity index (χ3n) is 1.26. The van der Waals surface area contributed by atoms with Crippen molar-refractivity contribution >= 4 is 0 Å². The number of nitrogens with two attached hydrogens (primary N) is 1. The molecule has 56 valence electrons. The fourth-order valence-corrected chi connectivity index (χ4v) is 0.657. The van der Waals surface area contributed by atoms with Gasteiger partial charge in [-0.05, 0) is 13.8 Å². The first-order valence-corrected chi connectivity index (χ1v) is 2.94. The van der Waals surface area contributed by atoms with Crippen molar-refractivity contribution in [3.8, 4) is 0 Å². The van der Waals surface area contributed by atoms with Gasteiger partial charge in [0.25, 0.3) is 0 Å². The number of ether oxygens (including phenoxy) is 1. The van der Waals surface area contributed by atoms with Crippen LogP contribution in [0.2, 0.25) is 0 Å². The molecule has 0 radical (unpaired) electrons. The van der Waals surface area contributed by atoms with Gasteiger partial charge in [0.1, 0.15) is 11.8 Å². The lowest BCUT2D eigenvalue weighted by Crippen LogP contribution is -2.39. The standard InChI is InChI=1S/C6H14FNO/c1-6(2,7)5(4-8)9-3/h5H,4,8H2,1-3H3. The van der Waals surface area contributed by atoms with Gasteiger partial charge >= 0.3 is 0 Å². The highest BCUT2D eigenvalue weighted by Crippen LogP contribution is 2.15. The molecule has 2 N–H and O–H groups in total. The summed E-state index contributed by atoms with van der Waals surface area (Å²) in [6, 6.07) is 0. The van der Waals surface area contributed by atoms with Crippen LogP contribution in [0.25, 0.3) is 0 Å². The molecular weight excluding hydrogens is 121 g/mol. The Balaban J connectivity index is 3.79. The molecule has 0 aliphatic rings. The molecule has 0 aromatic heterocycles. The van der Waals surface area contributed by atoms with Crippen molar-refractivity contribution in [1.29, 1.82) is 0 Å². The predicted molar refractivity (Wildman–Crippen MR) is 35.0 cm³/mol. The van der Waals surface area contributed by atoms with Gasteiger partial charge < -0.3 is 10.5 Å². The van der Waals surface area contributed by atoms with Crippen LogP contribution in [0, 0.1) is 0 Å². The van der Waals surface area contributed by atoms with Crippen LogP contribution in [-0.4, -0.2) is 25.4 Å². The lowest BCUT2D eigenvalue weighted by molar-refractivity contribution is -0.0101. The van der Waals surface area contributed by atoms with Crippen molar-refractivity contribution in [3.05, 3.63) is 0 Å². The molecule has 0 saturated heterocycles. The second kappa shape index (κ2) is 3.13. The second-order valence-electron chi connectivity index (χ2n) is 2.52. The normalized spacial score (nSPS) is 15.7. The van der Waals surface area contributed by atoms with E-state index in [1.807, 2.05) is 0 Å². The molecule has 0 aliphatic carbocycles. The molecule has 0 amide bonds. The molecule has 2 nitrogen and oxygen atoms in total. The molecule has 1 atom stereocenters. The number of rotatable bonds is 3. The van der Waals surface area contributed by atoms with Gasteiger partial charge in [-0.3, -0.25) is 0 Å². The molecule has 0 aromatic carbocycles.